The van der Waals surface area contributed by atoms with Gasteiger partial charge in [0.1, 0.15) is 18.1 Å². The molecule has 0 saturated heterocycles. The molecule has 0 aliphatic rings. The van der Waals surface area contributed by atoms with Crippen LogP contribution in [0.5, 0.6) is 5.75 Å². The van der Waals surface area contributed by atoms with Crippen LogP contribution in [0.25, 0.3) is 0 Å². The molecule has 0 spiro atoms. The molecule has 0 aliphatic heterocycles. The number of hydrogen-bond donors (Lipinski definition) is 1. The first-order valence-corrected chi connectivity index (χ1v) is 5.53. The maximum atomic E-state index is 10.5. The first kappa shape index (κ1) is 16.6. The van der Waals surface area contributed by atoms with Gasteiger partial charge in [-0.05, 0) is 18.2 Å². The molecule has 0 heterocycles. The van der Waals surface area contributed by atoms with Gasteiger partial charge in [-0.25, -0.2) is 4.79 Å². The number of carboxylic acids is 1. The molecular formula is C14H17NO4. The Morgan fingerprint density at radius 3 is 2.26 bits per heavy atom. The highest BCUT2D eigenvalue weighted by Crippen LogP contribution is 2.18. The predicted molar refractivity (Wildman–Crippen MR) is 70.2 cm³/mol. The van der Waals surface area contributed by atoms with E-state index in [-0.39, 0.29) is 16.5 Å². The molecule has 5 heteroatoms. The fourth-order valence-electron chi connectivity index (χ4n) is 0.928. The second kappa shape index (κ2) is 7.17. The predicted octanol–water partition coefficient (Wildman–Crippen LogP) is 2.50. The molecule has 0 amide bonds. The minimum atomic E-state index is -1.06. The number of ether oxygens (including phenoxy) is 1. The van der Waals surface area contributed by atoms with Crippen LogP contribution < -0.4 is 4.74 Å². The number of nitriles is 1. The van der Waals surface area contributed by atoms with Crippen molar-refractivity contribution in [1.29, 1.82) is 5.26 Å². The standard InChI is InChI=1S/C9H7NO3.C5H10O/c1-13-8-3-2-6(9(11)12)4-7(8)5-10;1-5(2,3)4-6/h2-4H,1H3,(H,11,12);4H,1-3H3. The van der Waals surface area contributed by atoms with Gasteiger partial charge in [-0.15, -0.1) is 0 Å². The van der Waals surface area contributed by atoms with Crippen molar-refractivity contribution in [3.05, 3.63) is 29.3 Å². The van der Waals surface area contributed by atoms with E-state index in [9.17, 15) is 9.59 Å². The molecule has 0 atom stereocenters. The summed E-state index contributed by atoms with van der Waals surface area (Å²) in [6.07, 6.45) is 0.938. The second-order valence-electron chi connectivity index (χ2n) is 4.82. The van der Waals surface area contributed by atoms with Crippen molar-refractivity contribution in [3.63, 3.8) is 0 Å². The lowest BCUT2D eigenvalue weighted by Crippen LogP contribution is -2.04. The van der Waals surface area contributed by atoms with Gasteiger partial charge in [0, 0.05) is 5.41 Å². The summed E-state index contributed by atoms with van der Waals surface area (Å²) in [7, 11) is 1.43. The first-order chi connectivity index (χ1) is 8.75. The molecule has 5 nitrogen and oxygen atoms in total. The summed E-state index contributed by atoms with van der Waals surface area (Å²) in [5.41, 5.74) is 0.166. The summed E-state index contributed by atoms with van der Waals surface area (Å²) >= 11 is 0. The van der Waals surface area contributed by atoms with Crippen LogP contribution in [0.3, 0.4) is 0 Å². The van der Waals surface area contributed by atoms with E-state index in [1.54, 1.807) is 0 Å². The fourth-order valence-corrected chi connectivity index (χ4v) is 0.928. The van der Waals surface area contributed by atoms with Crippen LogP contribution in [-0.2, 0) is 4.79 Å². The van der Waals surface area contributed by atoms with Gasteiger partial charge >= 0.3 is 5.97 Å². The zero-order valence-electron chi connectivity index (χ0n) is 11.4. The molecule has 1 N–H and O–H groups in total. The third-order valence-electron chi connectivity index (χ3n) is 1.92. The molecule has 0 radical (unpaired) electrons. The Morgan fingerprint density at radius 2 is 1.95 bits per heavy atom. The number of rotatable bonds is 2. The van der Waals surface area contributed by atoms with Gasteiger partial charge in [0.2, 0.25) is 0 Å². The number of nitrogens with zero attached hydrogens (tertiary/aromatic N) is 1. The molecular weight excluding hydrogens is 246 g/mol. The number of aromatic carboxylic acids is 1. The van der Waals surface area contributed by atoms with Crippen molar-refractivity contribution in [2.45, 2.75) is 20.8 Å². The van der Waals surface area contributed by atoms with E-state index < -0.39 is 5.97 Å². The quantitative estimate of drug-likeness (QED) is 0.828. The third kappa shape index (κ3) is 6.22. The zero-order valence-corrected chi connectivity index (χ0v) is 11.4. The van der Waals surface area contributed by atoms with Crippen molar-refractivity contribution in [2.24, 2.45) is 5.41 Å². The number of aldehydes is 1. The lowest BCUT2D eigenvalue weighted by Gasteiger charge is -2.03. The molecule has 0 bridgehead atoms. The van der Waals surface area contributed by atoms with Crippen LogP contribution >= 0.6 is 0 Å². The Hall–Kier alpha value is -2.35. The minimum absolute atomic E-state index is 0.0809. The van der Waals surface area contributed by atoms with E-state index in [2.05, 4.69) is 0 Å². The minimum Gasteiger partial charge on any atom is -0.495 e. The average Bonchev–Trinajstić information content (AvgIpc) is 2.37. The van der Waals surface area contributed by atoms with Crippen molar-refractivity contribution < 1.29 is 19.4 Å². The monoisotopic (exact) mass is 263 g/mol. The SMILES string of the molecule is CC(C)(C)C=O.COc1ccc(C(=O)O)cc1C#N. The number of carbonyl (C=O) groups is 2. The molecule has 0 aliphatic carbocycles. The number of benzene rings is 1. The largest absolute Gasteiger partial charge is 0.495 e. The number of hydrogen-bond acceptors (Lipinski definition) is 4. The summed E-state index contributed by atoms with van der Waals surface area (Å²) in [4.78, 5) is 20.3. The molecule has 1 aromatic carbocycles. The molecule has 1 aromatic rings. The van der Waals surface area contributed by atoms with Crippen molar-refractivity contribution >= 4 is 12.3 Å². The lowest BCUT2D eigenvalue weighted by atomic mass is 10.0. The summed E-state index contributed by atoms with van der Waals surface area (Å²) in [6.45, 7) is 5.62. The van der Waals surface area contributed by atoms with Gasteiger partial charge in [-0.1, -0.05) is 20.8 Å². The maximum Gasteiger partial charge on any atom is 0.335 e. The van der Waals surface area contributed by atoms with E-state index in [1.807, 2.05) is 26.8 Å². The van der Waals surface area contributed by atoms with Crippen LogP contribution in [0.1, 0.15) is 36.7 Å². The van der Waals surface area contributed by atoms with Crippen LogP contribution in [0.2, 0.25) is 0 Å². The second-order valence-corrected chi connectivity index (χ2v) is 4.82. The van der Waals surface area contributed by atoms with Crippen LogP contribution in [0.15, 0.2) is 18.2 Å². The highest BCUT2D eigenvalue weighted by molar-refractivity contribution is 5.88. The van der Waals surface area contributed by atoms with Gasteiger partial charge < -0.3 is 14.6 Å². The Labute approximate surface area is 112 Å². The Kier molecular flexibility index (Phi) is 6.28. The summed E-state index contributed by atoms with van der Waals surface area (Å²) in [5.74, 6) is -0.674. The summed E-state index contributed by atoms with van der Waals surface area (Å²) in [6, 6.07) is 5.98. The smallest absolute Gasteiger partial charge is 0.335 e. The highest BCUT2D eigenvalue weighted by atomic mass is 16.5. The van der Waals surface area contributed by atoms with E-state index in [1.165, 1.54) is 25.3 Å². The van der Waals surface area contributed by atoms with Gasteiger partial charge in [0.15, 0.2) is 0 Å². The number of carboxylic acid groups (broad SMARTS) is 1. The normalized spacial score (nSPS) is 9.63. The van der Waals surface area contributed by atoms with Crippen LogP contribution in [0.4, 0.5) is 0 Å². The highest BCUT2D eigenvalue weighted by Gasteiger charge is 2.07. The van der Waals surface area contributed by atoms with E-state index in [0.29, 0.717) is 5.75 Å². The van der Waals surface area contributed by atoms with Crippen molar-refractivity contribution in [3.8, 4) is 11.8 Å². The molecule has 0 saturated carbocycles. The Morgan fingerprint density at radius 1 is 1.42 bits per heavy atom. The Balaban J connectivity index is 0.000000459. The zero-order chi connectivity index (χ0) is 15.1. The summed E-state index contributed by atoms with van der Waals surface area (Å²) < 4.78 is 4.86. The number of methoxy groups -OCH3 is 1. The molecule has 0 unspecified atom stereocenters. The van der Waals surface area contributed by atoms with Gasteiger partial charge in [0.25, 0.3) is 0 Å². The molecule has 0 fully saturated rings. The maximum absolute atomic E-state index is 10.5. The molecule has 0 aromatic heterocycles. The van der Waals surface area contributed by atoms with Gasteiger partial charge in [-0.2, -0.15) is 5.26 Å². The van der Waals surface area contributed by atoms with Gasteiger partial charge in [-0.3, -0.25) is 0 Å². The third-order valence-corrected chi connectivity index (χ3v) is 1.92. The number of carbonyl (C=O) groups excluding carboxylic acids is 1. The van der Waals surface area contributed by atoms with Gasteiger partial charge in [0.05, 0.1) is 18.2 Å². The van der Waals surface area contributed by atoms with Crippen LogP contribution in [-0.4, -0.2) is 24.5 Å². The van der Waals surface area contributed by atoms with Crippen molar-refractivity contribution in [1.82, 2.24) is 0 Å². The topological polar surface area (TPSA) is 87.4 Å². The molecule has 1 rings (SSSR count). The van der Waals surface area contributed by atoms with Crippen molar-refractivity contribution in [2.75, 3.05) is 7.11 Å². The fraction of sp³-hybridized carbons (Fsp3) is 0.357. The summed E-state index contributed by atoms with van der Waals surface area (Å²) in [5, 5.41) is 17.3. The Bertz CT molecular complexity index is 495. The lowest BCUT2D eigenvalue weighted by molar-refractivity contribution is -0.113. The molecule has 19 heavy (non-hydrogen) atoms. The van der Waals surface area contributed by atoms with E-state index >= 15 is 0 Å². The average molecular weight is 263 g/mol. The van der Waals surface area contributed by atoms with E-state index in [4.69, 9.17) is 15.1 Å². The molecule has 102 valence electrons. The van der Waals surface area contributed by atoms with Crippen LogP contribution in [0, 0.1) is 16.7 Å². The van der Waals surface area contributed by atoms with E-state index in [0.717, 1.165) is 6.29 Å². The first-order valence-electron chi connectivity index (χ1n) is 5.53.